The van der Waals surface area contributed by atoms with E-state index in [0.717, 1.165) is 5.56 Å². The Bertz CT molecular complexity index is 655. The van der Waals surface area contributed by atoms with Gasteiger partial charge in [-0.1, -0.05) is 35.9 Å². The summed E-state index contributed by atoms with van der Waals surface area (Å²) in [5.41, 5.74) is 2.69. The van der Waals surface area contributed by atoms with Gasteiger partial charge in [0.1, 0.15) is 11.5 Å². The van der Waals surface area contributed by atoms with Crippen molar-refractivity contribution in [2.75, 3.05) is 14.2 Å². The molecule has 0 bridgehead atoms. The maximum absolute atomic E-state index is 12.3. The number of hydrogen-bond donors (Lipinski definition) is 0. The minimum atomic E-state index is -0.102. The Morgan fingerprint density at radius 3 is 2.33 bits per heavy atom. The Balaban J connectivity index is 2.22. The number of methoxy groups -OCH3 is 2. The van der Waals surface area contributed by atoms with Crippen LogP contribution in [-0.2, 0) is 0 Å². The van der Waals surface area contributed by atoms with Gasteiger partial charge in [-0.15, -0.1) is 0 Å². The van der Waals surface area contributed by atoms with Crippen molar-refractivity contribution in [3.8, 4) is 11.5 Å². The van der Waals surface area contributed by atoms with E-state index in [1.165, 1.54) is 12.7 Å². The molecule has 0 fully saturated rings. The number of hydrogen-bond acceptors (Lipinski definition) is 3. The summed E-state index contributed by atoms with van der Waals surface area (Å²) in [7, 11) is 3.11. The quantitative estimate of drug-likeness (QED) is 0.616. The van der Waals surface area contributed by atoms with E-state index in [9.17, 15) is 4.79 Å². The van der Waals surface area contributed by atoms with Gasteiger partial charge in [-0.05, 0) is 30.7 Å². The van der Waals surface area contributed by atoms with Gasteiger partial charge in [-0.3, -0.25) is 4.79 Å². The van der Waals surface area contributed by atoms with E-state index in [4.69, 9.17) is 9.47 Å². The Hall–Kier alpha value is -2.55. The highest BCUT2D eigenvalue weighted by atomic mass is 16.5. The van der Waals surface area contributed by atoms with Crippen molar-refractivity contribution >= 4 is 11.9 Å². The summed E-state index contributed by atoms with van der Waals surface area (Å²) in [5, 5.41) is 0. The number of aryl methyl sites for hydroxylation is 1. The molecule has 0 radical (unpaired) electrons. The number of carbonyl (C=O) groups is 1. The van der Waals surface area contributed by atoms with Crippen LogP contribution in [0, 0.1) is 6.92 Å². The molecule has 21 heavy (non-hydrogen) atoms. The van der Waals surface area contributed by atoms with Crippen molar-refractivity contribution in [2.24, 2.45) is 0 Å². The van der Waals surface area contributed by atoms with Gasteiger partial charge in [0.2, 0.25) is 0 Å². The van der Waals surface area contributed by atoms with E-state index in [2.05, 4.69) is 0 Å². The molecule has 2 aromatic rings. The first-order valence-electron chi connectivity index (χ1n) is 6.65. The standard InChI is InChI=1S/C18H18O3/c1-13-4-6-14(7-5-13)8-11-17(19)16-10-9-15(20-2)12-18(16)21-3/h4-12H,1-3H3. The fourth-order valence-corrected chi connectivity index (χ4v) is 1.94. The maximum Gasteiger partial charge on any atom is 0.189 e. The number of allylic oxidation sites excluding steroid dienone is 1. The molecule has 0 aliphatic rings. The molecule has 2 rings (SSSR count). The fourth-order valence-electron chi connectivity index (χ4n) is 1.94. The molecule has 0 saturated carbocycles. The second-order valence-corrected chi connectivity index (χ2v) is 4.67. The molecule has 3 nitrogen and oxygen atoms in total. The van der Waals surface area contributed by atoms with E-state index in [-0.39, 0.29) is 5.78 Å². The number of ketones is 1. The summed E-state index contributed by atoms with van der Waals surface area (Å²) in [6.07, 6.45) is 3.35. The van der Waals surface area contributed by atoms with E-state index >= 15 is 0 Å². The second-order valence-electron chi connectivity index (χ2n) is 4.67. The van der Waals surface area contributed by atoms with Crippen LogP contribution in [0.5, 0.6) is 11.5 Å². The molecular weight excluding hydrogens is 264 g/mol. The highest BCUT2D eigenvalue weighted by Crippen LogP contribution is 2.25. The minimum Gasteiger partial charge on any atom is -0.497 e. The molecular formula is C18H18O3. The molecule has 0 N–H and O–H groups in total. The van der Waals surface area contributed by atoms with Crippen molar-refractivity contribution in [2.45, 2.75) is 6.92 Å². The van der Waals surface area contributed by atoms with Crippen molar-refractivity contribution in [3.63, 3.8) is 0 Å². The Labute approximate surface area is 124 Å². The average molecular weight is 282 g/mol. The SMILES string of the molecule is COc1ccc(C(=O)C=Cc2ccc(C)cc2)c(OC)c1. The highest BCUT2D eigenvalue weighted by molar-refractivity contribution is 6.08. The van der Waals surface area contributed by atoms with Crippen LogP contribution in [-0.4, -0.2) is 20.0 Å². The topological polar surface area (TPSA) is 35.5 Å². The third kappa shape index (κ3) is 3.72. The summed E-state index contributed by atoms with van der Waals surface area (Å²) in [5.74, 6) is 1.06. The van der Waals surface area contributed by atoms with Crippen LogP contribution in [0.25, 0.3) is 6.08 Å². The second kappa shape index (κ2) is 6.75. The average Bonchev–Trinajstić information content (AvgIpc) is 2.53. The number of rotatable bonds is 5. The number of benzene rings is 2. The normalized spacial score (nSPS) is 10.6. The van der Waals surface area contributed by atoms with E-state index in [1.807, 2.05) is 31.2 Å². The van der Waals surface area contributed by atoms with Crippen LogP contribution < -0.4 is 9.47 Å². The summed E-state index contributed by atoms with van der Waals surface area (Å²) in [6, 6.07) is 13.1. The van der Waals surface area contributed by atoms with Crippen molar-refractivity contribution in [3.05, 3.63) is 65.2 Å². The minimum absolute atomic E-state index is 0.102. The molecule has 0 saturated heterocycles. The Kier molecular flexibility index (Phi) is 4.77. The molecule has 0 spiro atoms. The predicted octanol–water partition coefficient (Wildman–Crippen LogP) is 3.91. The molecule has 108 valence electrons. The van der Waals surface area contributed by atoms with E-state index in [1.54, 1.807) is 37.5 Å². The van der Waals surface area contributed by atoms with Crippen LogP contribution in [0.3, 0.4) is 0 Å². The Morgan fingerprint density at radius 1 is 1.00 bits per heavy atom. The van der Waals surface area contributed by atoms with E-state index in [0.29, 0.717) is 17.1 Å². The molecule has 0 aromatic heterocycles. The largest absolute Gasteiger partial charge is 0.497 e. The number of carbonyl (C=O) groups excluding carboxylic acids is 1. The summed E-state index contributed by atoms with van der Waals surface area (Å²) >= 11 is 0. The lowest BCUT2D eigenvalue weighted by atomic mass is 10.1. The molecule has 0 aliphatic carbocycles. The third-order valence-corrected chi connectivity index (χ3v) is 3.18. The van der Waals surface area contributed by atoms with Crippen LogP contribution in [0.15, 0.2) is 48.5 Å². The predicted molar refractivity (Wildman–Crippen MR) is 84.1 cm³/mol. The van der Waals surface area contributed by atoms with Gasteiger partial charge < -0.3 is 9.47 Å². The highest BCUT2D eigenvalue weighted by Gasteiger charge is 2.10. The zero-order chi connectivity index (χ0) is 15.2. The van der Waals surface area contributed by atoms with Crippen molar-refractivity contribution in [1.29, 1.82) is 0 Å². The molecule has 3 heteroatoms. The van der Waals surface area contributed by atoms with Gasteiger partial charge in [-0.2, -0.15) is 0 Å². The van der Waals surface area contributed by atoms with Gasteiger partial charge in [0, 0.05) is 6.07 Å². The molecule has 2 aromatic carbocycles. The van der Waals surface area contributed by atoms with Gasteiger partial charge in [0.05, 0.1) is 19.8 Å². The van der Waals surface area contributed by atoms with Crippen molar-refractivity contribution < 1.29 is 14.3 Å². The summed E-state index contributed by atoms with van der Waals surface area (Å²) in [6.45, 7) is 2.03. The molecule has 0 atom stereocenters. The lowest BCUT2D eigenvalue weighted by molar-refractivity contribution is 0.104. The first-order valence-corrected chi connectivity index (χ1v) is 6.65. The van der Waals surface area contributed by atoms with Gasteiger partial charge in [0.15, 0.2) is 5.78 Å². The summed E-state index contributed by atoms with van der Waals surface area (Å²) < 4.78 is 10.4. The van der Waals surface area contributed by atoms with Crippen LogP contribution >= 0.6 is 0 Å². The lowest BCUT2D eigenvalue weighted by Crippen LogP contribution is -1.99. The Morgan fingerprint density at radius 2 is 1.71 bits per heavy atom. The third-order valence-electron chi connectivity index (χ3n) is 3.18. The van der Waals surface area contributed by atoms with Gasteiger partial charge in [-0.25, -0.2) is 0 Å². The molecule has 0 unspecified atom stereocenters. The lowest BCUT2D eigenvalue weighted by Gasteiger charge is -2.07. The molecule has 0 aliphatic heterocycles. The fraction of sp³-hybridized carbons (Fsp3) is 0.167. The van der Waals surface area contributed by atoms with Gasteiger partial charge >= 0.3 is 0 Å². The van der Waals surface area contributed by atoms with Crippen molar-refractivity contribution in [1.82, 2.24) is 0 Å². The number of ether oxygens (including phenoxy) is 2. The monoisotopic (exact) mass is 282 g/mol. The zero-order valence-electron chi connectivity index (χ0n) is 12.4. The first kappa shape index (κ1) is 14.9. The smallest absolute Gasteiger partial charge is 0.189 e. The summed E-state index contributed by atoms with van der Waals surface area (Å²) in [4.78, 5) is 12.3. The zero-order valence-corrected chi connectivity index (χ0v) is 12.4. The van der Waals surface area contributed by atoms with Gasteiger partial charge in [0.25, 0.3) is 0 Å². The molecule has 0 amide bonds. The van der Waals surface area contributed by atoms with E-state index < -0.39 is 0 Å². The molecule has 0 heterocycles. The van der Waals surface area contributed by atoms with Crippen LogP contribution in [0.2, 0.25) is 0 Å². The first-order chi connectivity index (χ1) is 10.1. The van der Waals surface area contributed by atoms with Crippen LogP contribution in [0.4, 0.5) is 0 Å². The maximum atomic E-state index is 12.3. The van der Waals surface area contributed by atoms with Crippen LogP contribution in [0.1, 0.15) is 21.5 Å².